The fourth-order valence-electron chi connectivity index (χ4n) is 5.77. The second-order valence-electron chi connectivity index (χ2n) is 11.8. The Kier molecular flexibility index (Phi) is 24.9. The first kappa shape index (κ1) is 34.9. The summed E-state index contributed by atoms with van der Waals surface area (Å²) < 4.78 is 0. The first-order chi connectivity index (χ1) is 16.5. The summed E-state index contributed by atoms with van der Waals surface area (Å²) in [6, 6.07) is 0. The van der Waals surface area contributed by atoms with Gasteiger partial charge in [-0.05, 0) is 0 Å². The van der Waals surface area contributed by atoms with Gasteiger partial charge in [0, 0.05) is 0 Å². The van der Waals surface area contributed by atoms with E-state index in [1.54, 1.807) is 12.3 Å². The van der Waals surface area contributed by atoms with Gasteiger partial charge in [-0.2, -0.15) is 0 Å². The third-order valence-electron chi connectivity index (χ3n) is 8.28. The normalized spacial score (nSPS) is 13.3. The van der Waals surface area contributed by atoms with Gasteiger partial charge in [0.2, 0.25) is 0 Å². The van der Waals surface area contributed by atoms with E-state index in [2.05, 4.69) is 43.2 Å². The van der Waals surface area contributed by atoms with E-state index >= 15 is 0 Å². The SMILES string of the molecule is CCCCCCCCCCCCP(Br)(CCCC)(CCCC)CCCCCCCCCCCC. The van der Waals surface area contributed by atoms with Crippen LogP contribution in [-0.2, 0) is 0 Å². The molecule has 0 aliphatic carbocycles. The molecule has 0 heterocycles. The summed E-state index contributed by atoms with van der Waals surface area (Å²) in [5, 5.41) is -1.70. The Morgan fingerprint density at radius 3 is 0.765 bits per heavy atom. The van der Waals surface area contributed by atoms with Gasteiger partial charge in [0.1, 0.15) is 0 Å². The van der Waals surface area contributed by atoms with E-state index in [4.69, 9.17) is 0 Å². The average molecular weight is 564 g/mol. The van der Waals surface area contributed by atoms with Crippen LogP contribution in [0.5, 0.6) is 0 Å². The molecule has 0 saturated heterocycles. The van der Waals surface area contributed by atoms with Crippen molar-refractivity contribution < 1.29 is 0 Å². The molecular formula is C32H68BrP. The molecule has 0 atom stereocenters. The van der Waals surface area contributed by atoms with Crippen LogP contribution in [0.15, 0.2) is 0 Å². The van der Waals surface area contributed by atoms with E-state index in [1.807, 2.05) is 0 Å². The van der Waals surface area contributed by atoms with Crippen LogP contribution in [0, 0.1) is 0 Å². The van der Waals surface area contributed by atoms with Gasteiger partial charge in [-0.1, -0.05) is 0 Å². The first-order valence-electron chi connectivity index (χ1n) is 16.3. The summed E-state index contributed by atoms with van der Waals surface area (Å²) in [4.78, 5) is 0. The summed E-state index contributed by atoms with van der Waals surface area (Å²) in [6.45, 7) is 9.43. The number of halogens is 1. The maximum atomic E-state index is 4.66. The molecule has 2 heteroatoms. The topological polar surface area (TPSA) is 0 Å². The second-order valence-corrected chi connectivity index (χ2v) is 23.2. The number of rotatable bonds is 28. The minimum absolute atomic E-state index is 1.37. The van der Waals surface area contributed by atoms with Crippen molar-refractivity contribution in [3.8, 4) is 0 Å². The third-order valence-corrected chi connectivity index (χ3v) is 18.3. The Morgan fingerprint density at radius 1 is 0.294 bits per heavy atom. The van der Waals surface area contributed by atoms with Crippen molar-refractivity contribution in [3.63, 3.8) is 0 Å². The maximum absolute atomic E-state index is 4.66. The molecule has 0 spiro atoms. The van der Waals surface area contributed by atoms with Gasteiger partial charge in [0.05, 0.1) is 0 Å². The molecule has 0 fully saturated rings. The van der Waals surface area contributed by atoms with E-state index in [0.29, 0.717) is 0 Å². The van der Waals surface area contributed by atoms with Crippen LogP contribution >= 0.6 is 20.8 Å². The quantitative estimate of drug-likeness (QED) is 0.0656. The number of unbranched alkanes of at least 4 members (excludes halogenated alkanes) is 20. The third kappa shape index (κ3) is 20.0. The van der Waals surface area contributed by atoms with Gasteiger partial charge in [-0.25, -0.2) is 0 Å². The van der Waals surface area contributed by atoms with Crippen LogP contribution in [0.2, 0.25) is 0 Å². The van der Waals surface area contributed by atoms with Crippen LogP contribution in [0.1, 0.15) is 182 Å². The molecule has 0 bridgehead atoms. The van der Waals surface area contributed by atoms with Crippen LogP contribution in [0.4, 0.5) is 0 Å². The summed E-state index contributed by atoms with van der Waals surface area (Å²) in [5.41, 5.74) is 0. The van der Waals surface area contributed by atoms with Gasteiger partial charge in [0.25, 0.3) is 0 Å². The number of hydrogen-bond acceptors (Lipinski definition) is 0. The van der Waals surface area contributed by atoms with Gasteiger partial charge in [0.15, 0.2) is 0 Å². The van der Waals surface area contributed by atoms with E-state index in [9.17, 15) is 0 Å². The van der Waals surface area contributed by atoms with Crippen LogP contribution in [0.25, 0.3) is 0 Å². The Bertz CT molecular complexity index is 372. The predicted molar refractivity (Wildman–Crippen MR) is 169 cm³/mol. The zero-order valence-electron chi connectivity index (χ0n) is 24.6. The average Bonchev–Trinajstić information content (AvgIpc) is 2.84. The molecule has 34 heavy (non-hydrogen) atoms. The minimum atomic E-state index is -1.70. The fraction of sp³-hybridized carbons (Fsp3) is 1.00. The van der Waals surface area contributed by atoms with Crippen molar-refractivity contribution in [3.05, 3.63) is 0 Å². The zero-order chi connectivity index (χ0) is 25.2. The molecule has 0 aromatic carbocycles. The van der Waals surface area contributed by atoms with Crippen molar-refractivity contribution in [2.45, 2.75) is 182 Å². The molecule has 0 unspecified atom stereocenters. The summed E-state index contributed by atoms with van der Waals surface area (Å²) in [6.07, 6.45) is 41.0. The Balaban J connectivity index is 4.37. The van der Waals surface area contributed by atoms with E-state index in [0.717, 1.165) is 0 Å². The summed E-state index contributed by atoms with van der Waals surface area (Å²) in [7, 11) is 0. The number of hydrogen-bond donors (Lipinski definition) is 0. The summed E-state index contributed by atoms with van der Waals surface area (Å²) in [5.74, 6) is 0. The van der Waals surface area contributed by atoms with Crippen molar-refractivity contribution >= 4 is 20.8 Å². The molecule has 0 aromatic rings. The van der Waals surface area contributed by atoms with Crippen LogP contribution < -0.4 is 0 Å². The van der Waals surface area contributed by atoms with Gasteiger partial charge < -0.3 is 0 Å². The van der Waals surface area contributed by atoms with E-state index < -0.39 is 5.31 Å². The van der Waals surface area contributed by atoms with E-state index in [1.165, 1.54) is 166 Å². The molecule has 0 rings (SSSR count). The molecule has 0 radical (unpaired) electrons. The molecule has 0 N–H and O–H groups in total. The Labute approximate surface area is 226 Å². The predicted octanol–water partition coefficient (Wildman–Crippen LogP) is 13.3. The fourth-order valence-corrected chi connectivity index (χ4v) is 14.4. The molecule has 0 amide bonds. The molecule has 208 valence electrons. The van der Waals surface area contributed by atoms with Crippen LogP contribution in [0.3, 0.4) is 0 Å². The Hall–Kier alpha value is 0.910. The van der Waals surface area contributed by atoms with Crippen molar-refractivity contribution in [2.24, 2.45) is 0 Å². The van der Waals surface area contributed by atoms with Crippen molar-refractivity contribution in [1.29, 1.82) is 0 Å². The molecule has 0 saturated carbocycles. The monoisotopic (exact) mass is 562 g/mol. The summed E-state index contributed by atoms with van der Waals surface area (Å²) >= 11 is 4.66. The van der Waals surface area contributed by atoms with Gasteiger partial charge >= 0.3 is 227 Å². The molecule has 0 nitrogen and oxygen atoms in total. The molecular weight excluding hydrogens is 495 g/mol. The molecule has 0 aliphatic rings. The van der Waals surface area contributed by atoms with Crippen molar-refractivity contribution in [1.82, 2.24) is 0 Å². The van der Waals surface area contributed by atoms with E-state index in [-0.39, 0.29) is 0 Å². The van der Waals surface area contributed by atoms with Crippen molar-refractivity contribution in [2.75, 3.05) is 24.6 Å². The standard InChI is InChI=1S/C32H68BrP/c1-5-9-13-15-17-19-21-23-25-27-31-34(33,29-11-7-3,30-12-8-4)32-28-26-24-22-20-18-16-14-10-6-2/h5-32H2,1-4H3. The van der Waals surface area contributed by atoms with Gasteiger partial charge in [-0.3, -0.25) is 0 Å². The zero-order valence-corrected chi connectivity index (χ0v) is 27.1. The van der Waals surface area contributed by atoms with Crippen LogP contribution in [-0.4, -0.2) is 24.6 Å². The first-order valence-corrected chi connectivity index (χ1v) is 21.3. The Morgan fingerprint density at radius 2 is 0.500 bits per heavy atom. The van der Waals surface area contributed by atoms with Gasteiger partial charge in [-0.15, -0.1) is 0 Å². The molecule has 0 aromatic heterocycles. The molecule has 0 aliphatic heterocycles. The second kappa shape index (κ2) is 24.3.